The highest BCUT2D eigenvalue weighted by Gasteiger charge is 2.10. The predicted molar refractivity (Wildman–Crippen MR) is 88.6 cm³/mol. The molecular formula is C17H18N4O2. The van der Waals surface area contributed by atoms with E-state index in [9.17, 15) is 4.79 Å². The molecule has 23 heavy (non-hydrogen) atoms. The van der Waals surface area contributed by atoms with Crippen LogP contribution in [-0.4, -0.2) is 21.7 Å². The molecule has 6 nitrogen and oxygen atoms in total. The zero-order valence-corrected chi connectivity index (χ0v) is 13.3. The van der Waals surface area contributed by atoms with Gasteiger partial charge in [0.25, 0.3) is 5.91 Å². The molecule has 0 unspecified atom stereocenters. The smallest absolute Gasteiger partial charge is 0.271 e. The Balaban J connectivity index is 1.77. The van der Waals surface area contributed by atoms with Crippen LogP contribution < -0.4 is 5.43 Å². The maximum absolute atomic E-state index is 12.2. The fourth-order valence-corrected chi connectivity index (χ4v) is 2.53. The fourth-order valence-electron chi connectivity index (χ4n) is 2.53. The van der Waals surface area contributed by atoms with Crippen molar-refractivity contribution in [3.8, 4) is 0 Å². The Labute approximate surface area is 133 Å². The van der Waals surface area contributed by atoms with Gasteiger partial charge in [-0.05, 0) is 51.1 Å². The molecule has 2 heterocycles. The highest BCUT2D eigenvalue weighted by molar-refractivity contribution is 5.97. The molecule has 0 fully saturated rings. The highest BCUT2D eigenvalue weighted by Crippen LogP contribution is 2.17. The van der Waals surface area contributed by atoms with E-state index in [1.807, 2.05) is 26.0 Å². The SMILES string of the molecule is CCn1c(C)nc2cc(C(=O)N/N=C\c3ccc(C)o3)ccc21. The van der Waals surface area contributed by atoms with E-state index in [2.05, 4.69) is 27.0 Å². The van der Waals surface area contributed by atoms with E-state index in [-0.39, 0.29) is 5.91 Å². The van der Waals surface area contributed by atoms with Crippen molar-refractivity contribution in [2.75, 3.05) is 0 Å². The molecule has 0 saturated carbocycles. The molecule has 1 N–H and O–H groups in total. The zero-order chi connectivity index (χ0) is 16.4. The standard InChI is InChI=1S/C17H18N4O2/c1-4-21-12(3)19-15-9-13(6-8-16(15)21)17(22)20-18-10-14-7-5-11(2)23-14/h5-10H,4H2,1-3H3,(H,20,22)/b18-10-. The monoisotopic (exact) mass is 310 g/mol. The molecule has 3 aromatic rings. The van der Waals surface area contributed by atoms with Gasteiger partial charge >= 0.3 is 0 Å². The number of hydrogen-bond donors (Lipinski definition) is 1. The molecule has 0 radical (unpaired) electrons. The third-order valence-corrected chi connectivity index (χ3v) is 3.64. The van der Waals surface area contributed by atoms with Crippen molar-refractivity contribution in [2.45, 2.75) is 27.3 Å². The van der Waals surface area contributed by atoms with E-state index in [4.69, 9.17) is 4.42 Å². The average molecular weight is 310 g/mol. The number of carbonyl (C=O) groups is 1. The highest BCUT2D eigenvalue weighted by atomic mass is 16.3. The van der Waals surface area contributed by atoms with Crippen molar-refractivity contribution in [1.82, 2.24) is 15.0 Å². The lowest BCUT2D eigenvalue weighted by Crippen LogP contribution is -2.17. The van der Waals surface area contributed by atoms with E-state index in [0.717, 1.165) is 29.2 Å². The van der Waals surface area contributed by atoms with Crippen molar-refractivity contribution < 1.29 is 9.21 Å². The van der Waals surface area contributed by atoms with Gasteiger partial charge in [-0.25, -0.2) is 10.4 Å². The topological polar surface area (TPSA) is 72.4 Å². The molecule has 6 heteroatoms. The number of nitrogens with zero attached hydrogens (tertiary/aromatic N) is 3. The summed E-state index contributed by atoms with van der Waals surface area (Å²) in [5.74, 6) is 2.04. The van der Waals surface area contributed by atoms with Crippen LogP contribution in [0.2, 0.25) is 0 Å². The minimum atomic E-state index is -0.282. The van der Waals surface area contributed by atoms with Crippen LogP contribution in [0.15, 0.2) is 39.9 Å². The molecule has 1 aromatic carbocycles. The number of imidazole rings is 1. The first kappa shape index (κ1) is 15.0. The number of hydrogen-bond acceptors (Lipinski definition) is 4. The Kier molecular flexibility index (Phi) is 3.97. The Hall–Kier alpha value is -2.89. The molecular weight excluding hydrogens is 292 g/mol. The van der Waals surface area contributed by atoms with E-state index in [1.54, 1.807) is 18.2 Å². The second kappa shape index (κ2) is 6.08. The van der Waals surface area contributed by atoms with Gasteiger partial charge in [-0.2, -0.15) is 5.10 Å². The second-order valence-corrected chi connectivity index (χ2v) is 5.25. The lowest BCUT2D eigenvalue weighted by molar-refractivity contribution is 0.0955. The number of hydrazone groups is 1. The molecule has 3 rings (SSSR count). The largest absolute Gasteiger partial charge is 0.460 e. The quantitative estimate of drug-likeness (QED) is 0.594. The van der Waals surface area contributed by atoms with Crippen LogP contribution in [0, 0.1) is 13.8 Å². The van der Waals surface area contributed by atoms with Crippen LogP contribution in [0.4, 0.5) is 0 Å². The maximum atomic E-state index is 12.2. The van der Waals surface area contributed by atoms with Crippen LogP contribution in [0.5, 0.6) is 0 Å². The zero-order valence-electron chi connectivity index (χ0n) is 13.3. The van der Waals surface area contributed by atoms with Crippen molar-refractivity contribution >= 4 is 23.2 Å². The van der Waals surface area contributed by atoms with Crippen molar-refractivity contribution in [2.24, 2.45) is 5.10 Å². The number of nitrogens with one attached hydrogen (secondary N) is 1. The molecule has 0 aliphatic heterocycles. The molecule has 0 aliphatic rings. The van der Waals surface area contributed by atoms with Gasteiger partial charge in [0, 0.05) is 12.1 Å². The van der Waals surface area contributed by atoms with E-state index >= 15 is 0 Å². The first-order chi connectivity index (χ1) is 11.1. The van der Waals surface area contributed by atoms with Gasteiger partial charge < -0.3 is 8.98 Å². The van der Waals surface area contributed by atoms with Gasteiger partial charge in [0.2, 0.25) is 0 Å². The molecule has 0 bridgehead atoms. The van der Waals surface area contributed by atoms with E-state index in [0.29, 0.717) is 11.3 Å². The molecule has 0 aliphatic carbocycles. The number of carbonyl (C=O) groups excluding carboxylic acids is 1. The summed E-state index contributed by atoms with van der Waals surface area (Å²) < 4.78 is 7.45. The summed E-state index contributed by atoms with van der Waals surface area (Å²) in [6.45, 7) is 6.72. The van der Waals surface area contributed by atoms with Gasteiger partial charge in [-0.3, -0.25) is 4.79 Å². The minimum Gasteiger partial charge on any atom is -0.460 e. The lowest BCUT2D eigenvalue weighted by atomic mass is 10.2. The summed E-state index contributed by atoms with van der Waals surface area (Å²) in [6, 6.07) is 9.09. The lowest BCUT2D eigenvalue weighted by Gasteiger charge is -2.02. The molecule has 0 atom stereocenters. The van der Waals surface area contributed by atoms with E-state index in [1.165, 1.54) is 6.21 Å². The number of rotatable bonds is 4. The Morgan fingerprint density at radius 3 is 2.87 bits per heavy atom. The number of benzene rings is 1. The predicted octanol–water partition coefficient (Wildman–Crippen LogP) is 3.03. The molecule has 0 spiro atoms. The first-order valence-corrected chi connectivity index (χ1v) is 7.45. The third kappa shape index (κ3) is 3.01. The van der Waals surface area contributed by atoms with Crippen molar-refractivity contribution in [1.29, 1.82) is 0 Å². The van der Waals surface area contributed by atoms with Crippen LogP contribution in [0.3, 0.4) is 0 Å². The Morgan fingerprint density at radius 2 is 2.17 bits per heavy atom. The number of furan rings is 1. The Bertz CT molecular complexity index is 889. The van der Waals surface area contributed by atoms with Crippen LogP contribution in [-0.2, 0) is 6.54 Å². The molecule has 1 amide bonds. The van der Waals surface area contributed by atoms with Gasteiger partial charge in [-0.1, -0.05) is 0 Å². The third-order valence-electron chi connectivity index (χ3n) is 3.64. The summed E-state index contributed by atoms with van der Waals surface area (Å²) in [5.41, 5.74) is 4.84. The maximum Gasteiger partial charge on any atom is 0.271 e. The van der Waals surface area contributed by atoms with Crippen molar-refractivity contribution in [3.63, 3.8) is 0 Å². The van der Waals surface area contributed by atoms with Crippen LogP contribution in [0.25, 0.3) is 11.0 Å². The number of fused-ring (bicyclic) bond motifs is 1. The van der Waals surface area contributed by atoms with Crippen molar-refractivity contribution in [3.05, 3.63) is 53.2 Å². The summed E-state index contributed by atoms with van der Waals surface area (Å²) >= 11 is 0. The summed E-state index contributed by atoms with van der Waals surface area (Å²) in [6.07, 6.45) is 1.47. The normalized spacial score (nSPS) is 11.4. The van der Waals surface area contributed by atoms with Crippen LogP contribution >= 0.6 is 0 Å². The number of aryl methyl sites for hydroxylation is 3. The Morgan fingerprint density at radius 1 is 1.35 bits per heavy atom. The number of amides is 1. The minimum absolute atomic E-state index is 0.282. The molecule has 0 saturated heterocycles. The van der Waals surface area contributed by atoms with E-state index < -0.39 is 0 Å². The number of aromatic nitrogens is 2. The fraction of sp³-hybridized carbons (Fsp3) is 0.235. The molecule has 118 valence electrons. The summed E-state index contributed by atoms with van der Waals surface area (Å²) in [7, 11) is 0. The molecule has 2 aromatic heterocycles. The van der Waals surface area contributed by atoms with Gasteiger partial charge in [0.1, 0.15) is 17.3 Å². The summed E-state index contributed by atoms with van der Waals surface area (Å²) in [4.78, 5) is 16.6. The van der Waals surface area contributed by atoms with Gasteiger partial charge in [-0.15, -0.1) is 0 Å². The average Bonchev–Trinajstić information content (AvgIpc) is 3.08. The van der Waals surface area contributed by atoms with Gasteiger partial charge in [0.05, 0.1) is 17.2 Å². The first-order valence-electron chi connectivity index (χ1n) is 7.45. The second-order valence-electron chi connectivity index (χ2n) is 5.25. The van der Waals surface area contributed by atoms with Gasteiger partial charge in [0.15, 0.2) is 0 Å². The summed E-state index contributed by atoms with van der Waals surface area (Å²) in [5, 5.41) is 3.91. The van der Waals surface area contributed by atoms with Crippen LogP contribution in [0.1, 0.15) is 34.6 Å².